The molecule has 0 radical (unpaired) electrons. The predicted molar refractivity (Wildman–Crippen MR) is 160 cm³/mol. The molecule has 4 aromatic rings. The van der Waals surface area contributed by atoms with E-state index in [4.69, 9.17) is 27.6 Å². The Hall–Kier alpha value is -2.86. The third kappa shape index (κ3) is 4.86. The molecule has 0 saturated heterocycles. The number of nitrogens with one attached hydrogen (secondary N) is 1. The van der Waals surface area contributed by atoms with Crippen LogP contribution in [0.5, 0.6) is 0 Å². The highest BCUT2D eigenvalue weighted by molar-refractivity contribution is 6.74. The van der Waals surface area contributed by atoms with E-state index in [2.05, 4.69) is 64.4 Å². The smallest absolute Gasteiger partial charge is 0.232 e. The third-order valence-corrected chi connectivity index (χ3v) is 14.1. The minimum atomic E-state index is -1.98. The first-order valence-corrected chi connectivity index (χ1v) is 17.6. The average Bonchev–Trinajstić information content (AvgIpc) is 3.57. The lowest BCUT2D eigenvalue weighted by Crippen LogP contribution is -2.41. The molecular formula is C28H34Cl2N8O2Si. The molecule has 1 spiro atoms. The van der Waals surface area contributed by atoms with Gasteiger partial charge in [0, 0.05) is 23.2 Å². The zero-order valence-corrected chi connectivity index (χ0v) is 26.6. The maximum atomic E-state index is 13.6. The number of carbonyl (C=O) groups excluding carboxylic acids is 1. The van der Waals surface area contributed by atoms with Crippen molar-refractivity contribution in [3.8, 4) is 5.82 Å². The number of anilines is 1. The van der Waals surface area contributed by atoms with Crippen molar-refractivity contribution in [3.63, 3.8) is 0 Å². The third-order valence-electron chi connectivity index (χ3n) is 9.06. The lowest BCUT2D eigenvalue weighted by molar-refractivity contribution is -0.117. The SMILES string of the molecule is C[C@H](O[Si](C)(C)C(C)(C)C)c1cnn(-c2ncc(NC(=O)C3CC4(CCC4)c4c3cnc3cc(Cl)nn43)cc2Cl)n1. The van der Waals surface area contributed by atoms with Gasteiger partial charge in [-0.05, 0) is 50.4 Å². The molecular weight excluding hydrogens is 579 g/mol. The summed E-state index contributed by atoms with van der Waals surface area (Å²) in [4.78, 5) is 24.0. The van der Waals surface area contributed by atoms with Crippen LogP contribution in [-0.2, 0) is 14.6 Å². The summed E-state index contributed by atoms with van der Waals surface area (Å²) >= 11 is 12.8. The van der Waals surface area contributed by atoms with Crippen LogP contribution in [-0.4, -0.2) is 48.8 Å². The molecule has 216 valence electrons. The molecule has 0 aliphatic heterocycles. The molecule has 2 atom stereocenters. The lowest BCUT2D eigenvalue weighted by Gasteiger charge is -2.39. The molecule has 1 amide bonds. The van der Waals surface area contributed by atoms with Crippen LogP contribution in [0.4, 0.5) is 5.69 Å². The monoisotopic (exact) mass is 612 g/mol. The van der Waals surface area contributed by atoms with Crippen LogP contribution in [0.2, 0.25) is 28.3 Å². The molecule has 1 fully saturated rings. The number of hydrogen-bond donors (Lipinski definition) is 1. The first-order valence-electron chi connectivity index (χ1n) is 13.9. The van der Waals surface area contributed by atoms with Crippen molar-refractivity contribution < 1.29 is 9.22 Å². The van der Waals surface area contributed by atoms with Crippen molar-refractivity contribution in [1.82, 2.24) is 34.6 Å². The van der Waals surface area contributed by atoms with Crippen LogP contribution in [0.15, 0.2) is 30.7 Å². The minimum absolute atomic E-state index is 0.0804. The summed E-state index contributed by atoms with van der Waals surface area (Å²) in [5.74, 6) is -0.116. The van der Waals surface area contributed by atoms with Gasteiger partial charge in [-0.15, -0.1) is 9.90 Å². The molecule has 41 heavy (non-hydrogen) atoms. The summed E-state index contributed by atoms with van der Waals surface area (Å²) in [5.41, 5.74) is 3.77. The summed E-state index contributed by atoms with van der Waals surface area (Å²) in [6.45, 7) is 13.0. The van der Waals surface area contributed by atoms with Crippen LogP contribution in [0.3, 0.4) is 0 Å². The Bertz CT molecular complexity index is 1660. The fraction of sp³-hybridized carbons (Fsp3) is 0.500. The maximum absolute atomic E-state index is 13.6. The van der Waals surface area contributed by atoms with Gasteiger partial charge < -0.3 is 9.74 Å². The largest absolute Gasteiger partial charge is 0.409 e. The predicted octanol–water partition coefficient (Wildman–Crippen LogP) is 6.64. The van der Waals surface area contributed by atoms with Gasteiger partial charge in [0.05, 0.1) is 40.8 Å². The number of hydrogen-bond acceptors (Lipinski definition) is 7. The van der Waals surface area contributed by atoms with Crippen molar-refractivity contribution in [2.75, 3.05) is 5.32 Å². The second kappa shape index (κ2) is 9.86. The first kappa shape index (κ1) is 28.3. The van der Waals surface area contributed by atoms with E-state index in [1.54, 1.807) is 30.7 Å². The minimum Gasteiger partial charge on any atom is -0.409 e. The van der Waals surface area contributed by atoms with Crippen LogP contribution in [0.1, 0.15) is 82.4 Å². The Morgan fingerprint density at radius 1 is 1.15 bits per heavy atom. The normalized spacial score (nSPS) is 18.9. The van der Waals surface area contributed by atoms with E-state index in [1.165, 1.54) is 4.80 Å². The standard InChI is InChI=1S/C28H34Cl2N8O2Si/c1-16(40-41(5,6)27(2,3)4)21-15-33-38(35-21)25-20(29)10-17(13-32-25)34-26(39)18-12-28(8-7-9-28)24-19(18)14-31-23-11-22(30)36-37(23)24/h10-11,13-16,18H,7-9,12H2,1-6H3,(H,34,39)/t16-,18?/m0/s1. The van der Waals surface area contributed by atoms with Gasteiger partial charge in [0.1, 0.15) is 5.69 Å². The van der Waals surface area contributed by atoms with Crippen LogP contribution < -0.4 is 5.32 Å². The summed E-state index contributed by atoms with van der Waals surface area (Å²) < 4.78 is 8.28. The number of halogens is 2. The zero-order valence-electron chi connectivity index (χ0n) is 24.1. The second-order valence-corrected chi connectivity index (χ2v) is 18.3. The van der Waals surface area contributed by atoms with E-state index in [0.29, 0.717) is 39.4 Å². The molecule has 1 unspecified atom stereocenters. The molecule has 6 rings (SSSR count). The number of nitrogens with zero attached hydrogens (tertiary/aromatic N) is 7. The Labute approximate surface area is 249 Å². The molecule has 2 aliphatic rings. The molecule has 1 saturated carbocycles. The topological polar surface area (TPSA) is 112 Å². The number of rotatable bonds is 6. The highest BCUT2D eigenvalue weighted by Crippen LogP contribution is 2.56. The van der Waals surface area contributed by atoms with E-state index in [-0.39, 0.29) is 28.4 Å². The Balaban J connectivity index is 1.20. The van der Waals surface area contributed by atoms with Gasteiger partial charge in [0.15, 0.2) is 24.9 Å². The molecule has 2 aliphatic carbocycles. The lowest BCUT2D eigenvalue weighted by atomic mass is 9.66. The number of fused-ring (bicyclic) bond motifs is 4. The van der Waals surface area contributed by atoms with Gasteiger partial charge in [-0.3, -0.25) is 4.79 Å². The molecule has 1 N–H and O–H groups in total. The Morgan fingerprint density at radius 2 is 1.90 bits per heavy atom. The molecule has 0 aromatic carbocycles. The van der Waals surface area contributed by atoms with Crippen molar-refractivity contribution in [2.24, 2.45) is 0 Å². The molecule has 4 heterocycles. The molecule has 13 heteroatoms. The fourth-order valence-electron chi connectivity index (χ4n) is 5.70. The van der Waals surface area contributed by atoms with Gasteiger partial charge in [-0.1, -0.05) is 50.4 Å². The van der Waals surface area contributed by atoms with E-state index in [9.17, 15) is 4.79 Å². The number of carbonyl (C=O) groups is 1. The first-order chi connectivity index (χ1) is 19.3. The summed E-state index contributed by atoms with van der Waals surface area (Å²) in [6, 6.07) is 3.42. The van der Waals surface area contributed by atoms with Crippen molar-refractivity contribution in [3.05, 3.63) is 57.9 Å². The van der Waals surface area contributed by atoms with Gasteiger partial charge in [0.2, 0.25) is 5.91 Å². The molecule has 0 bridgehead atoms. The zero-order chi connectivity index (χ0) is 29.3. The van der Waals surface area contributed by atoms with Crippen LogP contribution in [0.25, 0.3) is 11.5 Å². The fourth-order valence-corrected chi connectivity index (χ4v) is 7.47. The van der Waals surface area contributed by atoms with E-state index in [0.717, 1.165) is 30.5 Å². The van der Waals surface area contributed by atoms with Crippen molar-refractivity contribution >= 4 is 48.8 Å². The maximum Gasteiger partial charge on any atom is 0.232 e. The number of aromatic nitrogens is 7. The Kier molecular flexibility index (Phi) is 6.80. The van der Waals surface area contributed by atoms with Gasteiger partial charge in [0.25, 0.3) is 0 Å². The van der Waals surface area contributed by atoms with Crippen molar-refractivity contribution in [2.45, 2.75) is 88.9 Å². The summed E-state index contributed by atoms with van der Waals surface area (Å²) in [7, 11) is -1.98. The number of pyridine rings is 1. The van der Waals surface area contributed by atoms with E-state index in [1.807, 2.05) is 11.4 Å². The van der Waals surface area contributed by atoms with E-state index >= 15 is 0 Å². The van der Waals surface area contributed by atoms with Gasteiger partial charge >= 0.3 is 0 Å². The van der Waals surface area contributed by atoms with Gasteiger partial charge in [-0.2, -0.15) is 10.2 Å². The Morgan fingerprint density at radius 3 is 2.56 bits per heavy atom. The average molecular weight is 614 g/mol. The van der Waals surface area contributed by atoms with Crippen LogP contribution in [0, 0.1) is 0 Å². The molecule has 4 aromatic heterocycles. The van der Waals surface area contributed by atoms with Crippen molar-refractivity contribution in [1.29, 1.82) is 0 Å². The molecule has 10 nitrogen and oxygen atoms in total. The van der Waals surface area contributed by atoms with Crippen LogP contribution >= 0.6 is 23.2 Å². The quantitative estimate of drug-likeness (QED) is 0.243. The summed E-state index contributed by atoms with van der Waals surface area (Å²) in [6.07, 6.45) is 8.69. The van der Waals surface area contributed by atoms with Gasteiger partial charge in [-0.25, -0.2) is 14.5 Å². The second-order valence-electron chi connectivity index (χ2n) is 12.8. The number of amides is 1. The van der Waals surface area contributed by atoms with E-state index < -0.39 is 8.32 Å². The highest BCUT2D eigenvalue weighted by Gasteiger charge is 2.52. The highest BCUT2D eigenvalue weighted by atomic mass is 35.5. The summed E-state index contributed by atoms with van der Waals surface area (Å²) in [5, 5.41) is 17.2.